The maximum atomic E-state index is 4.49. The molecule has 108 valence electrons. The molecule has 2 aromatic heterocycles. The topological polar surface area (TPSA) is 62.7 Å². The number of benzene rings is 1. The summed E-state index contributed by atoms with van der Waals surface area (Å²) in [6.07, 6.45) is 1.04. The minimum absolute atomic E-state index is 0.665. The van der Waals surface area contributed by atoms with Crippen molar-refractivity contribution in [2.45, 2.75) is 20.3 Å². The number of fused-ring (bicyclic) bond motifs is 1. The van der Waals surface area contributed by atoms with E-state index in [-0.39, 0.29) is 0 Å². The van der Waals surface area contributed by atoms with Crippen molar-refractivity contribution >= 4 is 39.0 Å². The summed E-state index contributed by atoms with van der Waals surface area (Å²) in [6, 6.07) is 8.05. The standard InChI is InChI=1S/C15H17N5S/c1-3-6-16-15-18-10(2)7-14(20-15)19-11-4-5-12-13(8-11)21-9-17-12/h4-5,7-9H,3,6H2,1-2H3,(H2,16,18,19,20). The fraction of sp³-hybridized carbons (Fsp3) is 0.267. The van der Waals surface area contributed by atoms with Crippen LogP contribution in [0.2, 0.25) is 0 Å². The van der Waals surface area contributed by atoms with Crippen molar-refractivity contribution in [1.29, 1.82) is 0 Å². The highest BCUT2D eigenvalue weighted by molar-refractivity contribution is 7.16. The van der Waals surface area contributed by atoms with Crippen LogP contribution in [0.3, 0.4) is 0 Å². The van der Waals surface area contributed by atoms with Gasteiger partial charge in [0.05, 0.1) is 15.7 Å². The summed E-state index contributed by atoms with van der Waals surface area (Å²) in [5.41, 5.74) is 4.82. The van der Waals surface area contributed by atoms with Gasteiger partial charge in [0.2, 0.25) is 5.95 Å². The molecule has 0 unspecified atom stereocenters. The van der Waals surface area contributed by atoms with Crippen molar-refractivity contribution in [3.63, 3.8) is 0 Å². The molecule has 2 N–H and O–H groups in total. The van der Waals surface area contributed by atoms with E-state index in [9.17, 15) is 0 Å². The summed E-state index contributed by atoms with van der Waals surface area (Å²) in [5, 5.41) is 6.55. The second-order valence-corrected chi connectivity index (χ2v) is 5.69. The van der Waals surface area contributed by atoms with Crippen molar-refractivity contribution in [3.8, 4) is 0 Å². The van der Waals surface area contributed by atoms with Gasteiger partial charge in [-0.05, 0) is 31.5 Å². The van der Waals surface area contributed by atoms with E-state index in [1.54, 1.807) is 11.3 Å². The molecule has 0 saturated carbocycles. The predicted molar refractivity (Wildman–Crippen MR) is 88.5 cm³/mol. The maximum absolute atomic E-state index is 4.49. The molecule has 0 saturated heterocycles. The third-order valence-electron chi connectivity index (χ3n) is 2.99. The summed E-state index contributed by atoms with van der Waals surface area (Å²) < 4.78 is 1.16. The van der Waals surface area contributed by atoms with Crippen LogP contribution in [0.25, 0.3) is 10.2 Å². The zero-order valence-electron chi connectivity index (χ0n) is 12.1. The van der Waals surface area contributed by atoms with Crippen molar-refractivity contribution < 1.29 is 0 Å². The number of anilines is 3. The first-order chi connectivity index (χ1) is 10.2. The largest absolute Gasteiger partial charge is 0.354 e. The Morgan fingerprint density at radius 2 is 2.10 bits per heavy atom. The fourth-order valence-corrected chi connectivity index (χ4v) is 2.75. The Morgan fingerprint density at radius 3 is 2.95 bits per heavy atom. The minimum Gasteiger partial charge on any atom is -0.354 e. The Kier molecular flexibility index (Phi) is 3.96. The van der Waals surface area contributed by atoms with Gasteiger partial charge in [-0.3, -0.25) is 0 Å². The van der Waals surface area contributed by atoms with Crippen LogP contribution in [0.1, 0.15) is 19.0 Å². The number of aryl methyl sites for hydroxylation is 1. The van der Waals surface area contributed by atoms with E-state index in [0.29, 0.717) is 5.95 Å². The molecule has 0 aliphatic rings. The quantitative estimate of drug-likeness (QED) is 0.746. The van der Waals surface area contributed by atoms with Crippen molar-refractivity contribution in [2.24, 2.45) is 0 Å². The van der Waals surface area contributed by atoms with Crippen molar-refractivity contribution in [3.05, 3.63) is 35.5 Å². The van der Waals surface area contributed by atoms with Crippen molar-refractivity contribution in [2.75, 3.05) is 17.2 Å². The van der Waals surface area contributed by atoms with Crippen LogP contribution in [0.4, 0.5) is 17.5 Å². The van der Waals surface area contributed by atoms with E-state index in [1.165, 1.54) is 0 Å². The fourth-order valence-electron chi connectivity index (χ4n) is 2.03. The first kappa shape index (κ1) is 13.8. The molecule has 0 aliphatic carbocycles. The summed E-state index contributed by atoms with van der Waals surface area (Å²) in [5.74, 6) is 1.46. The van der Waals surface area contributed by atoms with Gasteiger partial charge < -0.3 is 10.6 Å². The lowest BCUT2D eigenvalue weighted by atomic mass is 10.3. The highest BCUT2D eigenvalue weighted by Crippen LogP contribution is 2.24. The molecule has 3 rings (SSSR count). The van der Waals surface area contributed by atoms with E-state index >= 15 is 0 Å². The number of nitrogens with zero attached hydrogens (tertiary/aromatic N) is 3. The number of hydrogen-bond donors (Lipinski definition) is 2. The van der Waals surface area contributed by atoms with Crippen LogP contribution in [-0.2, 0) is 0 Å². The lowest BCUT2D eigenvalue weighted by Gasteiger charge is -2.09. The maximum Gasteiger partial charge on any atom is 0.224 e. The Hall–Kier alpha value is -2.21. The van der Waals surface area contributed by atoms with Gasteiger partial charge in [-0.1, -0.05) is 6.92 Å². The van der Waals surface area contributed by atoms with Gasteiger partial charge in [-0.2, -0.15) is 4.98 Å². The van der Waals surface area contributed by atoms with Crippen LogP contribution < -0.4 is 10.6 Å². The molecule has 0 bridgehead atoms. The monoisotopic (exact) mass is 299 g/mol. The van der Waals surface area contributed by atoms with Gasteiger partial charge in [0.25, 0.3) is 0 Å². The van der Waals surface area contributed by atoms with Crippen LogP contribution in [0.5, 0.6) is 0 Å². The Labute approximate surface area is 127 Å². The SMILES string of the molecule is CCCNc1nc(C)cc(Nc2ccc3ncsc3c2)n1. The van der Waals surface area contributed by atoms with E-state index in [0.717, 1.165) is 40.4 Å². The van der Waals surface area contributed by atoms with Gasteiger partial charge in [0.1, 0.15) is 5.82 Å². The zero-order valence-corrected chi connectivity index (χ0v) is 12.9. The van der Waals surface area contributed by atoms with Gasteiger partial charge in [0, 0.05) is 24.0 Å². The molecule has 0 radical (unpaired) electrons. The van der Waals surface area contributed by atoms with Crippen LogP contribution in [0.15, 0.2) is 29.8 Å². The summed E-state index contributed by atoms with van der Waals surface area (Å²) >= 11 is 1.63. The molecule has 0 amide bonds. The molecule has 3 aromatic rings. The molecule has 0 spiro atoms. The molecular formula is C15H17N5S. The molecular weight excluding hydrogens is 282 g/mol. The molecule has 5 nitrogen and oxygen atoms in total. The normalized spacial score (nSPS) is 10.8. The van der Waals surface area contributed by atoms with E-state index < -0.39 is 0 Å². The average molecular weight is 299 g/mol. The van der Waals surface area contributed by atoms with Crippen molar-refractivity contribution in [1.82, 2.24) is 15.0 Å². The van der Waals surface area contributed by atoms with Gasteiger partial charge in [0.15, 0.2) is 0 Å². The smallest absolute Gasteiger partial charge is 0.224 e. The Morgan fingerprint density at radius 1 is 1.19 bits per heavy atom. The number of rotatable bonds is 5. The molecule has 0 fully saturated rings. The highest BCUT2D eigenvalue weighted by Gasteiger charge is 2.04. The predicted octanol–water partition coefficient (Wildman–Crippen LogP) is 3.96. The number of hydrogen-bond acceptors (Lipinski definition) is 6. The number of aromatic nitrogens is 3. The molecule has 0 atom stereocenters. The summed E-state index contributed by atoms with van der Waals surface area (Å²) in [7, 11) is 0. The van der Waals surface area contributed by atoms with Crippen LogP contribution >= 0.6 is 11.3 Å². The van der Waals surface area contributed by atoms with E-state index in [2.05, 4.69) is 38.6 Å². The van der Waals surface area contributed by atoms with Gasteiger partial charge in [-0.25, -0.2) is 9.97 Å². The van der Waals surface area contributed by atoms with E-state index in [4.69, 9.17) is 0 Å². The van der Waals surface area contributed by atoms with Crippen LogP contribution in [-0.4, -0.2) is 21.5 Å². The third kappa shape index (κ3) is 3.28. The minimum atomic E-state index is 0.665. The molecule has 6 heteroatoms. The summed E-state index contributed by atoms with van der Waals surface area (Å²) in [6.45, 7) is 4.96. The second-order valence-electron chi connectivity index (χ2n) is 4.80. The summed E-state index contributed by atoms with van der Waals surface area (Å²) in [4.78, 5) is 13.2. The molecule has 0 aliphatic heterocycles. The lowest BCUT2D eigenvalue weighted by Crippen LogP contribution is -2.06. The molecule has 2 heterocycles. The van der Waals surface area contributed by atoms with E-state index in [1.807, 2.05) is 30.6 Å². The third-order valence-corrected chi connectivity index (χ3v) is 3.78. The van der Waals surface area contributed by atoms with Gasteiger partial charge in [-0.15, -0.1) is 11.3 Å². The number of nitrogens with one attached hydrogen (secondary N) is 2. The number of thiazole rings is 1. The second kappa shape index (κ2) is 6.05. The Bertz CT molecular complexity index is 753. The Balaban J connectivity index is 1.84. The highest BCUT2D eigenvalue weighted by atomic mass is 32.1. The first-order valence-electron chi connectivity index (χ1n) is 6.94. The molecule has 21 heavy (non-hydrogen) atoms. The zero-order chi connectivity index (χ0) is 14.7. The average Bonchev–Trinajstić information content (AvgIpc) is 2.92. The molecule has 1 aromatic carbocycles. The lowest BCUT2D eigenvalue weighted by molar-refractivity contribution is 0.947. The van der Waals surface area contributed by atoms with Crippen LogP contribution in [0, 0.1) is 6.92 Å². The van der Waals surface area contributed by atoms with Gasteiger partial charge >= 0.3 is 0 Å². The first-order valence-corrected chi connectivity index (χ1v) is 7.82.